The van der Waals surface area contributed by atoms with E-state index in [9.17, 15) is 28.8 Å². The van der Waals surface area contributed by atoms with Crippen molar-refractivity contribution < 1.29 is 33.5 Å². The van der Waals surface area contributed by atoms with E-state index in [-0.39, 0.29) is 43.8 Å². The molecule has 1 heterocycles. The van der Waals surface area contributed by atoms with Gasteiger partial charge >= 0.3 is 5.97 Å². The van der Waals surface area contributed by atoms with Crippen LogP contribution in [0, 0.1) is 5.92 Å². The van der Waals surface area contributed by atoms with Crippen LogP contribution in [0.4, 0.5) is 0 Å². The van der Waals surface area contributed by atoms with E-state index in [0.717, 1.165) is 18.4 Å². The number of amides is 4. The maximum atomic E-state index is 13.8. The number of benzene rings is 1. The third-order valence-corrected chi connectivity index (χ3v) is 8.04. The van der Waals surface area contributed by atoms with Crippen molar-refractivity contribution in [2.45, 2.75) is 96.2 Å². The highest BCUT2D eigenvalue weighted by molar-refractivity contribution is 6.38. The van der Waals surface area contributed by atoms with E-state index >= 15 is 0 Å². The minimum Gasteiger partial charge on any atom is -0.469 e. The van der Waals surface area contributed by atoms with Crippen LogP contribution in [0.3, 0.4) is 0 Å². The number of methoxy groups -OCH3 is 1. The van der Waals surface area contributed by atoms with Crippen molar-refractivity contribution in [1.82, 2.24) is 20.9 Å². The number of esters is 1. The quantitative estimate of drug-likeness (QED) is 0.0438. The summed E-state index contributed by atoms with van der Waals surface area (Å²) in [7, 11) is 1.19. The maximum Gasteiger partial charge on any atom is 0.308 e. The van der Waals surface area contributed by atoms with Crippen LogP contribution >= 0.6 is 0 Å². The van der Waals surface area contributed by atoms with Gasteiger partial charge < -0.3 is 37.1 Å². The fourth-order valence-electron chi connectivity index (χ4n) is 5.60. The van der Waals surface area contributed by atoms with Gasteiger partial charge in [0.05, 0.1) is 19.6 Å². The first-order valence-electron chi connectivity index (χ1n) is 16.4. The first kappa shape index (κ1) is 38.7. The Bertz CT molecular complexity index is 1230. The van der Waals surface area contributed by atoms with Gasteiger partial charge in [0.25, 0.3) is 5.91 Å². The topological polar surface area (TPSA) is 215 Å². The lowest BCUT2D eigenvalue weighted by atomic mass is 9.96. The number of nitrogens with one attached hydrogen (secondary N) is 3. The molecule has 3 atom stereocenters. The number of rotatable bonds is 20. The predicted octanol–water partition coefficient (Wildman–Crippen LogP) is 0.708. The number of likely N-dealkylation sites (tertiary alicyclic amines) is 1. The molecular weight excluding hydrogens is 606 g/mol. The van der Waals surface area contributed by atoms with Crippen LogP contribution in [0.2, 0.25) is 0 Å². The Kier molecular flexibility index (Phi) is 17.0. The molecule has 47 heavy (non-hydrogen) atoms. The van der Waals surface area contributed by atoms with E-state index in [1.807, 2.05) is 44.2 Å². The lowest BCUT2D eigenvalue weighted by Gasteiger charge is -2.30. The zero-order valence-corrected chi connectivity index (χ0v) is 27.8. The van der Waals surface area contributed by atoms with E-state index in [1.165, 1.54) is 12.0 Å². The van der Waals surface area contributed by atoms with Gasteiger partial charge in [0, 0.05) is 25.6 Å². The summed E-state index contributed by atoms with van der Waals surface area (Å²) in [6.07, 6.45) is 4.08. The van der Waals surface area contributed by atoms with E-state index in [0.29, 0.717) is 38.5 Å². The number of aliphatic imine (C=N–C) groups is 1. The monoisotopic (exact) mass is 657 g/mol. The minimum absolute atomic E-state index is 0.0748. The average Bonchev–Trinajstić information content (AvgIpc) is 3.55. The molecule has 0 radical (unpaired) electrons. The van der Waals surface area contributed by atoms with Crippen molar-refractivity contribution in [1.29, 1.82) is 0 Å². The van der Waals surface area contributed by atoms with E-state index in [2.05, 4.69) is 20.9 Å². The SMILES string of the molecule is CCCC(CCC)C(=O)N[C@@H](CC(=O)OC)C(=O)N1CCC[C@H]1C(=O)N[C@@H](CCCN=C(N)N)C(=O)C(=O)NCCc1ccccc1. The van der Waals surface area contributed by atoms with E-state index < -0.39 is 54.0 Å². The molecule has 7 N–H and O–H groups in total. The van der Waals surface area contributed by atoms with Gasteiger partial charge in [-0.05, 0) is 50.5 Å². The number of guanidine groups is 1. The highest BCUT2D eigenvalue weighted by Crippen LogP contribution is 2.21. The number of carbonyl (C=O) groups excluding carboxylic acids is 6. The molecule has 0 aliphatic carbocycles. The number of ketones is 1. The average molecular weight is 658 g/mol. The molecule has 1 aliphatic heterocycles. The van der Waals surface area contributed by atoms with Crippen LogP contribution in [0.5, 0.6) is 0 Å². The number of ether oxygens (including phenoxy) is 1. The molecule has 1 aliphatic rings. The highest BCUT2D eigenvalue weighted by Gasteiger charge is 2.40. The molecule has 4 amide bonds. The number of hydrogen-bond donors (Lipinski definition) is 5. The first-order valence-corrected chi connectivity index (χ1v) is 16.4. The molecule has 0 aromatic heterocycles. The second kappa shape index (κ2) is 20.6. The predicted molar refractivity (Wildman–Crippen MR) is 177 cm³/mol. The van der Waals surface area contributed by atoms with Crippen LogP contribution in [0.15, 0.2) is 35.3 Å². The Morgan fingerprint density at radius 2 is 1.66 bits per heavy atom. The van der Waals surface area contributed by atoms with Gasteiger partial charge in [0.2, 0.25) is 23.5 Å². The highest BCUT2D eigenvalue weighted by atomic mass is 16.5. The molecule has 260 valence electrons. The molecule has 0 spiro atoms. The van der Waals surface area contributed by atoms with Gasteiger partial charge in [-0.15, -0.1) is 0 Å². The normalized spacial score (nSPS) is 15.3. The smallest absolute Gasteiger partial charge is 0.308 e. The van der Waals surface area contributed by atoms with E-state index in [1.54, 1.807) is 0 Å². The van der Waals surface area contributed by atoms with E-state index in [4.69, 9.17) is 16.2 Å². The molecule has 1 saturated heterocycles. The Morgan fingerprint density at radius 3 is 2.28 bits per heavy atom. The summed E-state index contributed by atoms with van der Waals surface area (Å²) in [5.74, 6) is -4.35. The van der Waals surface area contributed by atoms with Crippen molar-refractivity contribution in [3.05, 3.63) is 35.9 Å². The molecule has 1 aromatic rings. The molecule has 1 aromatic carbocycles. The number of hydrogen-bond acceptors (Lipinski definition) is 8. The number of nitrogens with two attached hydrogens (primary N) is 2. The molecule has 0 bridgehead atoms. The summed E-state index contributed by atoms with van der Waals surface area (Å²) in [5, 5.41) is 8.02. The summed E-state index contributed by atoms with van der Waals surface area (Å²) < 4.78 is 4.78. The van der Waals surface area contributed by atoms with Crippen molar-refractivity contribution in [3.8, 4) is 0 Å². The zero-order chi connectivity index (χ0) is 34.8. The third-order valence-electron chi connectivity index (χ3n) is 8.04. The van der Waals surface area contributed by atoms with Gasteiger partial charge in [0.1, 0.15) is 12.1 Å². The summed E-state index contributed by atoms with van der Waals surface area (Å²) in [4.78, 5) is 84.1. The molecule has 14 nitrogen and oxygen atoms in total. The van der Waals surface area contributed by atoms with Crippen LogP contribution in [0.1, 0.15) is 77.2 Å². The lowest BCUT2D eigenvalue weighted by molar-refractivity contribution is -0.148. The Labute approximate surface area is 276 Å². The van der Waals surface area contributed by atoms with Crippen LogP contribution in [-0.4, -0.2) is 91.1 Å². The molecule has 14 heteroatoms. The Hall–Kier alpha value is -4.49. The second-order valence-corrected chi connectivity index (χ2v) is 11.7. The molecule has 0 unspecified atom stereocenters. The molecule has 1 fully saturated rings. The summed E-state index contributed by atoms with van der Waals surface area (Å²) in [6.45, 7) is 4.54. The standard InChI is InChI=1S/C33H51N7O7/c1-4-11-23(12-5-2)29(43)39-25(21-27(41)47-3)32(46)40-20-10-16-26(40)30(44)38-24(15-9-18-37-33(34)35)28(42)31(45)36-19-17-22-13-7-6-8-14-22/h6-8,13-14,23-26H,4-5,9-12,15-21H2,1-3H3,(H,36,45)(H,38,44)(H,39,43)(H4,34,35,37)/t24-,25-,26-/m0/s1. The van der Waals surface area contributed by atoms with Gasteiger partial charge in [-0.3, -0.25) is 33.8 Å². The fraction of sp³-hybridized carbons (Fsp3) is 0.606. The number of nitrogens with zero attached hydrogens (tertiary/aromatic N) is 2. The maximum absolute atomic E-state index is 13.8. The van der Waals surface area contributed by atoms with Gasteiger partial charge in [-0.2, -0.15) is 0 Å². The van der Waals surface area contributed by atoms with Crippen molar-refractivity contribution in [2.75, 3.05) is 26.7 Å². The Balaban J connectivity index is 2.18. The lowest BCUT2D eigenvalue weighted by Crippen LogP contribution is -2.57. The second-order valence-electron chi connectivity index (χ2n) is 11.7. The van der Waals surface area contributed by atoms with Gasteiger partial charge in [-0.25, -0.2) is 0 Å². The van der Waals surface area contributed by atoms with Crippen molar-refractivity contribution >= 4 is 41.3 Å². The molecule has 2 rings (SSSR count). The van der Waals surface area contributed by atoms with Crippen molar-refractivity contribution in [3.63, 3.8) is 0 Å². The third kappa shape index (κ3) is 13.0. The van der Waals surface area contributed by atoms with Gasteiger partial charge in [0.15, 0.2) is 5.96 Å². The summed E-state index contributed by atoms with van der Waals surface area (Å²) in [5.41, 5.74) is 11.8. The molecular formula is C33H51N7O7. The summed E-state index contributed by atoms with van der Waals surface area (Å²) >= 11 is 0. The summed E-state index contributed by atoms with van der Waals surface area (Å²) in [6, 6.07) is 6.05. The largest absolute Gasteiger partial charge is 0.469 e. The van der Waals surface area contributed by atoms with Crippen LogP contribution < -0.4 is 27.4 Å². The fourth-order valence-corrected chi connectivity index (χ4v) is 5.60. The minimum atomic E-state index is -1.23. The number of Topliss-reactive ketones (excluding diaryl/α,β-unsaturated/α-hetero) is 1. The number of carbonyl (C=O) groups is 6. The van der Waals surface area contributed by atoms with Crippen LogP contribution in [-0.2, 0) is 39.9 Å². The van der Waals surface area contributed by atoms with Gasteiger partial charge in [-0.1, -0.05) is 57.0 Å². The van der Waals surface area contributed by atoms with Crippen molar-refractivity contribution in [2.24, 2.45) is 22.4 Å². The zero-order valence-electron chi connectivity index (χ0n) is 27.8. The Morgan fingerprint density at radius 1 is 0.979 bits per heavy atom. The van der Waals surface area contributed by atoms with Crippen LogP contribution in [0.25, 0.3) is 0 Å². The molecule has 0 saturated carbocycles. The first-order chi connectivity index (χ1) is 22.5.